The number of halogens is 1. The molecule has 0 aromatic rings. The first-order chi connectivity index (χ1) is 13.8. The molecule has 29 heavy (non-hydrogen) atoms. The maximum Gasteiger partial charge on any atom is 0.206 e. The molecule has 4 aliphatic carbocycles. The normalized spacial score (nSPS) is 41.4. The highest BCUT2D eigenvalue weighted by molar-refractivity contribution is 14.2. The highest BCUT2D eigenvalue weighted by atomic mass is 127. The Morgan fingerprint density at radius 3 is 2.83 bits per heavy atom. The molecule has 160 valence electrons. The van der Waals surface area contributed by atoms with Crippen molar-refractivity contribution in [2.45, 2.75) is 58.8 Å². The van der Waals surface area contributed by atoms with Crippen LogP contribution in [-0.4, -0.2) is 22.5 Å². The van der Waals surface area contributed by atoms with E-state index in [0.29, 0.717) is 40.5 Å². The number of rotatable bonds is 3. The van der Waals surface area contributed by atoms with Crippen LogP contribution >= 0.6 is 30.1 Å². The maximum atomic E-state index is 12.0. The number of amidine groups is 1. The Morgan fingerprint density at radius 2 is 2.10 bits per heavy atom. The Balaban J connectivity index is 1.51. The van der Waals surface area contributed by atoms with Crippen molar-refractivity contribution in [3.05, 3.63) is 23.8 Å². The van der Waals surface area contributed by atoms with Crippen LogP contribution in [0.5, 0.6) is 0 Å². The number of hydrogen-bond acceptors (Lipinski definition) is 5. The van der Waals surface area contributed by atoms with Gasteiger partial charge in [-0.2, -0.15) is 5.10 Å². The van der Waals surface area contributed by atoms with Crippen LogP contribution in [0.15, 0.2) is 28.9 Å². The van der Waals surface area contributed by atoms with E-state index in [1.165, 1.54) is 40.2 Å². The van der Waals surface area contributed by atoms with E-state index in [2.05, 4.69) is 52.3 Å². The molecule has 0 aromatic heterocycles. The summed E-state index contributed by atoms with van der Waals surface area (Å²) < 4.78 is 0. The van der Waals surface area contributed by atoms with Gasteiger partial charge in [-0.25, -0.2) is 5.84 Å². The minimum absolute atomic E-state index is 0.185. The van der Waals surface area contributed by atoms with Crippen LogP contribution in [-0.2, 0) is 4.79 Å². The zero-order valence-electron chi connectivity index (χ0n) is 17.4. The molecule has 2 saturated carbocycles. The van der Waals surface area contributed by atoms with E-state index in [4.69, 9.17) is 11.7 Å². The molecule has 4 N–H and O–H groups in total. The van der Waals surface area contributed by atoms with E-state index >= 15 is 0 Å². The summed E-state index contributed by atoms with van der Waals surface area (Å²) >= 11 is 2.17. The van der Waals surface area contributed by atoms with E-state index in [9.17, 15) is 4.79 Å². The van der Waals surface area contributed by atoms with Gasteiger partial charge < -0.3 is 5.84 Å². The van der Waals surface area contributed by atoms with Crippen LogP contribution in [0.3, 0.4) is 0 Å². The molecule has 7 heteroatoms. The van der Waals surface area contributed by atoms with E-state index in [-0.39, 0.29) is 5.41 Å². The molecule has 6 unspecified atom stereocenters. The second kappa shape index (κ2) is 8.19. The molecule has 4 rings (SSSR count). The Kier molecular flexibility index (Phi) is 6.12. The highest BCUT2D eigenvalue weighted by Crippen LogP contribution is 2.65. The summed E-state index contributed by atoms with van der Waals surface area (Å²) in [5, 5.41) is 6.18. The van der Waals surface area contributed by atoms with Crippen LogP contribution in [0.2, 0.25) is 0 Å². The van der Waals surface area contributed by atoms with Gasteiger partial charge in [0.2, 0.25) is 5.17 Å². The lowest BCUT2D eigenvalue weighted by molar-refractivity contribution is -0.116. The molecule has 0 aliphatic heterocycles. The fourth-order valence-corrected chi connectivity index (χ4v) is 8.43. The van der Waals surface area contributed by atoms with Gasteiger partial charge in [-0.3, -0.25) is 9.80 Å². The topological polar surface area (TPSA) is 84.7 Å². The molecule has 0 spiro atoms. The molecule has 4 aliphatic rings. The third-order valence-corrected chi connectivity index (χ3v) is 10.5. The molecule has 0 aromatic carbocycles. The Labute approximate surface area is 190 Å². The zero-order chi connectivity index (χ0) is 20.8. The number of allylic oxidation sites excluding steroid dienone is 4. The van der Waals surface area contributed by atoms with E-state index in [0.717, 1.165) is 25.3 Å². The van der Waals surface area contributed by atoms with Gasteiger partial charge >= 0.3 is 0 Å². The molecular formula is C22H33IN4OS. The number of nitrogens with two attached hydrogens (primary N) is 2. The van der Waals surface area contributed by atoms with Gasteiger partial charge in [-0.1, -0.05) is 26.0 Å². The van der Waals surface area contributed by atoms with Gasteiger partial charge in [0.15, 0.2) is 5.78 Å². The minimum atomic E-state index is 0.185. The second-order valence-electron chi connectivity index (χ2n) is 9.92. The van der Waals surface area contributed by atoms with Crippen LogP contribution in [0.25, 0.3) is 0 Å². The lowest BCUT2D eigenvalue weighted by Gasteiger charge is -2.56. The van der Waals surface area contributed by atoms with Crippen LogP contribution in [0.1, 0.15) is 58.8 Å². The van der Waals surface area contributed by atoms with Gasteiger partial charge in [-0.15, -0.1) is 0 Å². The highest BCUT2D eigenvalue weighted by Gasteiger charge is 2.57. The number of carbonyl (C=O) groups is 1. The van der Waals surface area contributed by atoms with E-state index in [1.54, 1.807) is 5.01 Å². The molecule has 6 atom stereocenters. The Morgan fingerprint density at radius 1 is 1.31 bits per heavy atom. The van der Waals surface area contributed by atoms with Crippen molar-refractivity contribution in [1.82, 2.24) is 5.01 Å². The molecule has 0 heterocycles. The lowest BCUT2D eigenvalue weighted by atomic mass is 9.48. The number of ketones is 1. The summed E-state index contributed by atoms with van der Waals surface area (Å²) in [5.41, 5.74) is 1.85. The summed E-state index contributed by atoms with van der Waals surface area (Å²) in [4.78, 5) is 12.0. The summed E-state index contributed by atoms with van der Waals surface area (Å²) in [6, 6.07) is 0. The third-order valence-electron chi connectivity index (χ3n) is 8.86. The van der Waals surface area contributed by atoms with E-state index < -0.39 is 0 Å². The average Bonchev–Trinajstić information content (AvgIpc) is 3.04. The zero-order valence-corrected chi connectivity index (χ0v) is 20.4. The Hall–Kier alpha value is -0.540. The molecule has 0 radical (unpaired) electrons. The number of fused-ring (bicyclic) bond motifs is 5. The van der Waals surface area contributed by atoms with Crippen LogP contribution in [0, 0.1) is 34.5 Å². The number of hydrazine groups is 1. The summed E-state index contributed by atoms with van der Waals surface area (Å²) in [6.07, 6.45) is 14.7. The summed E-state index contributed by atoms with van der Waals surface area (Å²) in [6.45, 7) is 5.75. The Bertz CT molecular complexity index is 768. The standard InChI is InChI=1S/C22H33IN4OS/c1-21-11-8-19-17(5-3-15-13-16(28)7-10-22(15,19)2)18(21)6-4-14(21)9-12-27(25)20(26-24)29-23/h3,5,13-14,17-19H,4,6-12,24-25H2,1-2H3/b26-20+. The van der Waals surface area contributed by atoms with Crippen molar-refractivity contribution in [2.75, 3.05) is 6.54 Å². The fourth-order valence-electron chi connectivity index (χ4n) is 7.11. The molecule has 0 bridgehead atoms. The molecular weight excluding hydrogens is 495 g/mol. The molecule has 5 nitrogen and oxygen atoms in total. The first-order valence-corrected chi connectivity index (χ1v) is 14.2. The van der Waals surface area contributed by atoms with Crippen molar-refractivity contribution in [3.8, 4) is 0 Å². The van der Waals surface area contributed by atoms with Gasteiger partial charge in [0.25, 0.3) is 0 Å². The summed E-state index contributed by atoms with van der Waals surface area (Å²) in [7, 11) is 1.46. The van der Waals surface area contributed by atoms with Gasteiger partial charge in [0, 0.05) is 34.2 Å². The first kappa shape index (κ1) is 21.7. The van der Waals surface area contributed by atoms with E-state index in [1.807, 2.05) is 6.08 Å². The quantitative estimate of drug-likeness (QED) is 0.181. The minimum Gasteiger partial charge on any atom is -0.321 e. The van der Waals surface area contributed by atoms with Crippen LogP contribution < -0.4 is 11.7 Å². The molecule has 2 fully saturated rings. The monoisotopic (exact) mass is 528 g/mol. The largest absolute Gasteiger partial charge is 0.321 e. The summed E-state index contributed by atoms with van der Waals surface area (Å²) in [5.74, 6) is 14.7. The number of hydrogen-bond donors (Lipinski definition) is 2. The molecule has 0 saturated heterocycles. The van der Waals surface area contributed by atoms with Crippen molar-refractivity contribution in [1.29, 1.82) is 0 Å². The maximum absolute atomic E-state index is 12.0. The van der Waals surface area contributed by atoms with Crippen molar-refractivity contribution >= 4 is 41.1 Å². The predicted molar refractivity (Wildman–Crippen MR) is 129 cm³/mol. The van der Waals surface area contributed by atoms with Gasteiger partial charge in [0.1, 0.15) is 0 Å². The fraction of sp³-hybridized carbons (Fsp3) is 0.727. The van der Waals surface area contributed by atoms with Crippen molar-refractivity contribution < 1.29 is 4.79 Å². The number of hydrazone groups is 1. The second-order valence-corrected chi connectivity index (χ2v) is 11.8. The lowest BCUT2D eigenvalue weighted by Crippen LogP contribution is -2.49. The number of carbonyl (C=O) groups excluding carboxylic acids is 1. The smallest absolute Gasteiger partial charge is 0.206 e. The van der Waals surface area contributed by atoms with Crippen molar-refractivity contribution in [2.24, 2.45) is 51.3 Å². The number of nitrogens with zero attached hydrogens (tertiary/aromatic N) is 2. The third kappa shape index (κ3) is 3.59. The van der Waals surface area contributed by atoms with Crippen molar-refractivity contribution in [3.63, 3.8) is 0 Å². The average molecular weight is 529 g/mol. The molecule has 0 amide bonds. The van der Waals surface area contributed by atoms with Crippen LogP contribution in [0.4, 0.5) is 0 Å². The first-order valence-electron chi connectivity index (χ1n) is 10.9. The SMILES string of the molecule is CC12CCC(=O)C=C1C=CC1C2CCC2(C)C(CCN(N)/C(=N\N)SI)CCC12. The van der Waals surface area contributed by atoms with Gasteiger partial charge in [0.05, 0.1) is 0 Å². The van der Waals surface area contributed by atoms with Gasteiger partial charge in [-0.05, 0) is 93.6 Å². The predicted octanol–water partition coefficient (Wildman–Crippen LogP) is 4.79.